The van der Waals surface area contributed by atoms with Crippen LogP contribution in [0.3, 0.4) is 0 Å². The van der Waals surface area contributed by atoms with Gasteiger partial charge in [0.1, 0.15) is 5.76 Å². The van der Waals surface area contributed by atoms with Crippen molar-refractivity contribution < 1.29 is 24.6 Å². The molecule has 1 aliphatic rings. The molecule has 0 aromatic heterocycles. The van der Waals surface area contributed by atoms with Gasteiger partial charge in [0.05, 0.1) is 17.2 Å². The molecule has 1 amide bonds. The first-order valence-electron chi connectivity index (χ1n) is 11.5. The summed E-state index contributed by atoms with van der Waals surface area (Å²) in [5.41, 5.74) is 4.69. The molecule has 3 aromatic rings. The number of nitrogens with zero attached hydrogens (tertiary/aromatic N) is 2. The number of aliphatic hydroxyl groups excluding tert-OH is 1. The molecular weight excluding hydrogens is 456 g/mol. The van der Waals surface area contributed by atoms with Gasteiger partial charge in [0.25, 0.3) is 11.7 Å². The molecule has 0 spiro atoms. The molecule has 1 aliphatic heterocycles. The number of amides is 1. The van der Waals surface area contributed by atoms with Crippen LogP contribution in [0.25, 0.3) is 5.76 Å². The summed E-state index contributed by atoms with van der Waals surface area (Å²) in [5.74, 6) is -2.72. The molecule has 1 atom stereocenters. The number of aliphatic hydroxyl groups is 1. The summed E-state index contributed by atoms with van der Waals surface area (Å²) in [6.07, 6.45) is 0. The van der Waals surface area contributed by atoms with Gasteiger partial charge in [-0.25, -0.2) is 4.79 Å². The zero-order valence-electron chi connectivity index (χ0n) is 20.6. The van der Waals surface area contributed by atoms with E-state index in [4.69, 9.17) is 0 Å². The lowest BCUT2D eigenvalue weighted by Crippen LogP contribution is -2.29. The van der Waals surface area contributed by atoms with Gasteiger partial charge in [-0.15, -0.1) is 0 Å². The Labute approximate surface area is 209 Å². The first-order valence-corrected chi connectivity index (χ1v) is 11.5. The van der Waals surface area contributed by atoms with Crippen molar-refractivity contribution in [2.24, 2.45) is 0 Å². The quantitative estimate of drug-likeness (QED) is 0.299. The molecule has 0 radical (unpaired) electrons. The van der Waals surface area contributed by atoms with Crippen LogP contribution in [-0.2, 0) is 16.1 Å². The molecule has 2 N–H and O–H groups in total. The van der Waals surface area contributed by atoms with Gasteiger partial charge in [-0.05, 0) is 60.9 Å². The summed E-state index contributed by atoms with van der Waals surface area (Å²) in [7, 11) is 3.84. The number of anilines is 1. The Bertz CT molecular complexity index is 1370. The van der Waals surface area contributed by atoms with Crippen molar-refractivity contribution in [2.45, 2.75) is 26.4 Å². The number of carbonyl (C=O) groups is 3. The molecule has 1 saturated heterocycles. The zero-order chi connectivity index (χ0) is 26.1. The normalized spacial score (nSPS) is 16.9. The minimum atomic E-state index is -1.04. The molecule has 7 nitrogen and oxygen atoms in total. The van der Waals surface area contributed by atoms with Crippen LogP contribution in [0.15, 0.2) is 72.3 Å². The average Bonchev–Trinajstić information content (AvgIpc) is 3.10. The molecule has 184 valence electrons. The maximum atomic E-state index is 13.3. The van der Waals surface area contributed by atoms with Gasteiger partial charge in [0.2, 0.25) is 0 Å². The molecule has 36 heavy (non-hydrogen) atoms. The van der Waals surface area contributed by atoms with E-state index in [0.29, 0.717) is 16.7 Å². The van der Waals surface area contributed by atoms with E-state index in [0.717, 1.165) is 16.8 Å². The number of likely N-dealkylation sites (tertiary alicyclic amines) is 1. The molecule has 7 heteroatoms. The van der Waals surface area contributed by atoms with E-state index < -0.39 is 23.7 Å². The summed E-state index contributed by atoms with van der Waals surface area (Å²) in [4.78, 5) is 41.2. The maximum absolute atomic E-state index is 13.3. The van der Waals surface area contributed by atoms with Gasteiger partial charge < -0.3 is 20.0 Å². The fraction of sp³-hybridized carbons (Fsp3) is 0.207. The Morgan fingerprint density at radius 3 is 2.14 bits per heavy atom. The molecule has 1 heterocycles. The topological polar surface area (TPSA) is 98.2 Å². The highest BCUT2D eigenvalue weighted by Crippen LogP contribution is 2.41. The number of Topliss-reactive ketones (excluding diaryl/α,β-unsaturated/α-hetero) is 1. The van der Waals surface area contributed by atoms with Crippen LogP contribution in [0.1, 0.15) is 44.2 Å². The Morgan fingerprint density at radius 1 is 0.917 bits per heavy atom. The van der Waals surface area contributed by atoms with Crippen molar-refractivity contribution in [2.75, 3.05) is 19.0 Å². The monoisotopic (exact) mass is 484 g/mol. The SMILES string of the molecule is Cc1ccc(C)c(/C(O)=C2\C(=O)C(=O)N(Cc3ccc(C(=O)O)cc3)C2c2ccc(N(C)C)cc2)c1. The van der Waals surface area contributed by atoms with Crippen LogP contribution in [0.5, 0.6) is 0 Å². The van der Waals surface area contributed by atoms with Gasteiger partial charge in [0, 0.05) is 31.9 Å². The van der Waals surface area contributed by atoms with Crippen LogP contribution in [0, 0.1) is 13.8 Å². The largest absolute Gasteiger partial charge is 0.507 e. The average molecular weight is 485 g/mol. The highest BCUT2D eigenvalue weighted by atomic mass is 16.4. The predicted molar refractivity (Wildman–Crippen MR) is 138 cm³/mol. The van der Waals surface area contributed by atoms with Gasteiger partial charge >= 0.3 is 5.97 Å². The zero-order valence-corrected chi connectivity index (χ0v) is 20.6. The van der Waals surface area contributed by atoms with Gasteiger partial charge in [-0.1, -0.05) is 42.0 Å². The molecule has 0 saturated carbocycles. The molecule has 3 aromatic carbocycles. The number of aromatic carboxylic acids is 1. The second-order valence-corrected chi connectivity index (χ2v) is 9.23. The highest BCUT2D eigenvalue weighted by Gasteiger charge is 2.46. The number of benzene rings is 3. The second-order valence-electron chi connectivity index (χ2n) is 9.23. The van der Waals surface area contributed by atoms with Crippen molar-refractivity contribution in [3.8, 4) is 0 Å². The third-order valence-corrected chi connectivity index (χ3v) is 6.47. The molecule has 0 aliphatic carbocycles. The van der Waals surface area contributed by atoms with Gasteiger partial charge in [0.15, 0.2) is 0 Å². The Balaban J connectivity index is 1.85. The van der Waals surface area contributed by atoms with Crippen LogP contribution < -0.4 is 4.90 Å². The Kier molecular flexibility index (Phi) is 6.66. The molecule has 1 fully saturated rings. The lowest BCUT2D eigenvalue weighted by atomic mass is 9.93. The third-order valence-electron chi connectivity index (χ3n) is 6.47. The number of aryl methyl sites for hydroxylation is 2. The summed E-state index contributed by atoms with van der Waals surface area (Å²) in [6, 6.07) is 18.5. The van der Waals surface area contributed by atoms with Crippen molar-refractivity contribution >= 4 is 29.1 Å². The molecule has 4 rings (SSSR count). The number of carbonyl (C=O) groups excluding carboxylic acids is 2. The smallest absolute Gasteiger partial charge is 0.335 e. The fourth-order valence-corrected chi connectivity index (χ4v) is 4.43. The second kappa shape index (κ2) is 9.70. The summed E-state index contributed by atoms with van der Waals surface area (Å²) >= 11 is 0. The lowest BCUT2D eigenvalue weighted by Gasteiger charge is -2.26. The van der Waals surface area contributed by atoms with E-state index in [-0.39, 0.29) is 23.4 Å². The van der Waals surface area contributed by atoms with E-state index in [1.807, 2.05) is 69.2 Å². The maximum Gasteiger partial charge on any atom is 0.335 e. The van der Waals surface area contributed by atoms with Crippen LogP contribution in [-0.4, -0.2) is 46.9 Å². The minimum absolute atomic E-state index is 0.0356. The number of hydrogen-bond acceptors (Lipinski definition) is 5. The van der Waals surface area contributed by atoms with E-state index >= 15 is 0 Å². The highest BCUT2D eigenvalue weighted by molar-refractivity contribution is 6.46. The first kappa shape index (κ1) is 24.7. The summed E-state index contributed by atoms with van der Waals surface area (Å²) in [5, 5.41) is 20.6. The number of carboxylic acid groups (broad SMARTS) is 1. The number of hydrogen-bond donors (Lipinski definition) is 2. The standard InChI is InChI=1S/C29H28N2O5/c1-17-5-6-18(2)23(15-17)26(32)24-25(20-11-13-22(14-12-20)30(3)4)31(28(34)27(24)33)16-19-7-9-21(10-8-19)29(35)36/h5-15,25,32H,16H2,1-4H3,(H,35,36)/b26-24+. The van der Waals surface area contributed by atoms with Crippen LogP contribution in [0.4, 0.5) is 5.69 Å². The van der Waals surface area contributed by atoms with Crippen molar-refractivity contribution in [3.63, 3.8) is 0 Å². The Morgan fingerprint density at radius 2 is 1.56 bits per heavy atom. The summed E-state index contributed by atoms with van der Waals surface area (Å²) < 4.78 is 0. The van der Waals surface area contributed by atoms with Crippen LogP contribution in [0.2, 0.25) is 0 Å². The van der Waals surface area contributed by atoms with Crippen molar-refractivity contribution in [1.82, 2.24) is 4.90 Å². The number of carboxylic acids is 1. The number of rotatable bonds is 6. The lowest BCUT2D eigenvalue weighted by molar-refractivity contribution is -0.140. The van der Waals surface area contributed by atoms with E-state index in [1.165, 1.54) is 17.0 Å². The summed E-state index contributed by atoms with van der Waals surface area (Å²) in [6.45, 7) is 3.82. The van der Waals surface area contributed by atoms with Gasteiger partial charge in [-0.3, -0.25) is 9.59 Å². The molecular formula is C29H28N2O5. The van der Waals surface area contributed by atoms with Gasteiger partial charge in [-0.2, -0.15) is 0 Å². The van der Waals surface area contributed by atoms with E-state index in [2.05, 4.69) is 0 Å². The van der Waals surface area contributed by atoms with Crippen molar-refractivity contribution in [1.29, 1.82) is 0 Å². The fourth-order valence-electron chi connectivity index (χ4n) is 4.43. The minimum Gasteiger partial charge on any atom is -0.507 e. The van der Waals surface area contributed by atoms with E-state index in [1.54, 1.807) is 18.2 Å². The van der Waals surface area contributed by atoms with E-state index in [9.17, 15) is 24.6 Å². The predicted octanol–water partition coefficient (Wildman–Crippen LogP) is 4.69. The first-order chi connectivity index (χ1) is 17.1. The molecule has 1 unspecified atom stereocenters. The van der Waals surface area contributed by atoms with Crippen LogP contribution >= 0.6 is 0 Å². The molecule has 0 bridgehead atoms. The third kappa shape index (κ3) is 4.60. The Hall–Kier alpha value is -4.39. The number of ketones is 1. The van der Waals surface area contributed by atoms with Crippen molar-refractivity contribution in [3.05, 3.63) is 106 Å².